The van der Waals surface area contributed by atoms with E-state index in [9.17, 15) is 16.4 Å². The van der Waals surface area contributed by atoms with Crippen molar-refractivity contribution >= 4 is 125 Å². The molecule has 1 saturated heterocycles. The third kappa shape index (κ3) is 7.93. The molecular formula is C72H55N11Pt2-4. The van der Waals surface area contributed by atoms with Crippen molar-refractivity contribution in [2.24, 2.45) is 0 Å². The zero-order valence-electron chi connectivity index (χ0n) is 57.1. The van der Waals surface area contributed by atoms with Crippen LogP contribution in [0.5, 0.6) is 0 Å². The Labute approximate surface area is 528 Å². The van der Waals surface area contributed by atoms with Crippen LogP contribution < -0.4 is 53.9 Å². The molecule has 85 heavy (non-hydrogen) atoms. The fourth-order valence-electron chi connectivity index (χ4n) is 12.3. The molecule has 0 amide bonds. The van der Waals surface area contributed by atoms with Gasteiger partial charge in [0.05, 0.1) is 0 Å². The Hall–Kier alpha value is -9.14. The molecular weight excluding hydrogens is 1410 g/mol. The summed E-state index contributed by atoms with van der Waals surface area (Å²) in [6, 6.07) is 82.7. The summed E-state index contributed by atoms with van der Waals surface area (Å²) in [6.07, 6.45) is 1.96. The van der Waals surface area contributed by atoms with Crippen molar-refractivity contribution in [1.82, 2.24) is 0 Å². The van der Waals surface area contributed by atoms with E-state index in [4.69, 9.17) is 0 Å². The van der Waals surface area contributed by atoms with Gasteiger partial charge in [0.25, 0.3) is 0 Å². The van der Waals surface area contributed by atoms with Crippen LogP contribution in [-0.2, 0) is 35.3 Å². The molecule has 0 radical (unpaired) electrons. The number of hydrogen-bond donors (Lipinski definition) is 0. The van der Waals surface area contributed by atoms with Gasteiger partial charge in [-0.05, 0) is 0 Å². The van der Waals surface area contributed by atoms with E-state index < -0.39 is 63.2 Å². The second-order valence-corrected chi connectivity index (χ2v) is 26.3. The fraction of sp³-hybridized carbons (Fsp3) is 0.111. The van der Waals surface area contributed by atoms with E-state index in [2.05, 4.69) is 57.2 Å². The summed E-state index contributed by atoms with van der Waals surface area (Å²) in [5.74, 6) is 0. The molecule has 7 aliphatic heterocycles. The Kier molecular flexibility index (Phi) is 9.15. The van der Waals surface area contributed by atoms with Crippen molar-refractivity contribution in [2.75, 3.05) is 94.9 Å². The first kappa shape index (κ1) is 39.4. The number of anilines is 19. The molecule has 0 unspecified atom stereocenters. The standard InChI is InChI=1S/C72H55N11.2Pt/c1-73-48-78(69-30-12-8-26-65(69)73)56-22-18-24-58(42-56)82(63-41-53(52-20-6-5-7-21-52)40-61(46-63)80-50-75(3)67-28-10-14-32-71(67)80)54-34-36-55(37-35-54)83(59-25-19-23-57(43-59)79-49-74(2)66-27-9-13-31-70(66)79)64-45-60(77-38-16-17-39-77)44-62(47-64)81-51-76(4)68-29-11-15-33-72(68)81;;/h5-15,18-37,40-41,44-45H,16-17,38-39H2,1-4H3;;/q-4;;/i1D3,2D3,3D3,4D3;;. The number of nitrogens with zero attached hydrogens (tertiary/aromatic N) is 11. The van der Waals surface area contributed by atoms with E-state index in [1.165, 1.54) is 19.6 Å². The molecule has 0 aromatic heterocycles. The van der Waals surface area contributed by atoms with Crippen molar-refractivity contribution in [3.05, 3.63) is 237 Å². The van der Waals surface area contributed by atoms with E-state index in [1.807, 2.05) is 189 Å². The van der Waals surface area contributed by atoms with Gasteiger partial charge in [-0.2, -0.15) is 0 Å². The Morgan fingerprint density at radius 2 is 0.612 bits per heavy atom. The summed E-state index contributed by atoms with van der Waals surface area (Å²) >= 11 is -3.49. The molecule has 7 aliphatic rings. The molecule has 422 valence electrons. The zero-order chi connectivity index (χ0) is 66.6. The maximum absolute atomic E-state index is 9.23. The average molecular weight is 1480 g/mol. The van der Waals surface area contributed by atoms with Crippen LogP contribution in [0.4, 0.5) is 108 Å². The summed E-state index contributed by atoms with van der Waals surface area (Å²) in [5.41, 5.74) is 12.8. The quantitative estimate of drug-likeness (QED) is 0.158. The molecule has 0 atom stereocenters. The van der Waals surface area contributed by atoms with E-state index >= 15 is 0 Å². The molecule has 1 fully saturated rings. The first-order chi connectivity index (χ1) is 46.7. The van der Waals surface area contributed by atoms with Crippen LogP contribution in [0.1, 0.15) is 29.3 Å². The molecule has 10 aromatic rings. The van der Waals surface area contributed by atoms with E-state index in [0.717, 1.165) is 42.7 Å². The van der Waals surface area contributed by atoms with Crippen molar-refractivity contribution < 1.29 is 51.7 Å². The third-order valence-electron chi connectivity index (χ3n) is 16.2. The molecule has 13 heteroatoms. The summed E-state index contributed by atoms with van der Waals surface area (Å²) in [7, 11) is 0. The monoisotopic (exact) mass is 1480 g/mol. The molecule has 11 nitrogen and oxygen atoms in total. The minimum absolute atomic E-state index is 0.404. The van der Waals surface area contributed by atoms with Crippen LogP contribution in [0, 0.1) is 24.3 Å². The predicted octanol–water partition coefficient (Wildman–Crippen LogP) is 15.0. The van der Waals surface area contributed by atoms with E-state index in [-0.39, 0.29) is 0 Å². The van der Waals surface area contributed by atoms with Crippen LogP contribution in [0.15, 0.2) is 212 Å². The molecule has 0 spiro atoms. The third-order valence-corrected chi connectivity index (χ3v) is 22.3. The van der Waals surface area contributed by atoms with Crippen LogP contribution in [0.2, 0.25) is 0 Å². The summed E-state index contributed by atoms with van der Waals surface area (Å²) in [4.78, 5) is 19.9. The Morgan fingerprint density at radius 3 is 1.01 bits per heavy atom. The molecule has 17 rings (SSSR count). The summed E-state index contributed by atoms with van der Waals surface area (Å²) in [6.45, 7) is -9.19. The number of rotatable bonds is 4. The molecule has 8 bridgehead atoms. The molecule has 0 saturated carbocycles. The van der Waals surface area contributed by atoms with Crippen molar-refractivity contribution in [2.45, 2.75) is 12.8 Å². The van der Waals surface area contributed by atoms with Crippen LogP contribution in [-0.4, -0.2) is 57.6 Å². The van der Waals surface area contributed by atoms with Gasteiger partial charge in [-0.1, -0.05) is 0 Å². The van der Waals surface area contributed by atoms with Crippen molar-refractivity contribution in [3.63, 3.8) is 0 Å². The SMILES string of the molecule is [2H]C([2H])([2H])N1[C]2=[Pt]=[C]3N(c4[c-]c(cc(-c5ccccc5)c4)N(c4ccc(N5c6[c-]c(ccc6)N6[C](=[Pt]=[C]7N(c8[c-]c5cc(N5CCCC5)c8)c5ccccc5N7C([2H])([2H])[2H])N(C([2H])([2H])[2H])c5ccccc56)cc4)c4[c-]c(ccc4)N2c2ccccc21)c1ccccc1N3C([2H])([2H])[2H]. The van der Waals surface area contributed by atoms with E-state index in [1.54, 1.807) is 24.3 Å². The molecule has 0 N–H and O–H groups in total. The van der Waals surface area contributed by atoms with Gasteiger partial charge in [0.2, 0.25) is 0 Å². The maximum atomic E-state index is 9.23. The van der Waals surface area contributed by atoms with Crippen LogP contribution in [0.25, 0.3) is 11.1 Å². The van der Waals surface area contributed by atoms with Gasteiger partial charge < -0.3 is 0 Å². The number of benzene rings is 10. The summed E-state index contributed by atoms with van der Waals surface area (Å²) in [5, 5.41) is 0. The Morgan fingerprint density at radius 1 is 0.294 bits per heavy atom. The van der Waals surface area contributed by atoms with Gasteiger partial charge in [0, 0.05) is 0 Å². The molecule has 7 heterocycles. The first-order valence-electron chi connectivity index (χ1n) is 33.8. The Balaban J connectivity index is 0.909. The van der Waals surface area contributed by atoms with Gasteiger partial charge in [0.1, 0.15) is 0 Å². The minimum atomic E-state index is -2.71. The topological polar surface area (TPSA) is 35.6 Å². The van der Waals surface area contributed by atoms with Gasteiger partial charge in [-0.3, -0.25) is 0 Å². The van der Waals surface area contributed by atoms with Gasteiger partial charge in [0.15, 0.2) is 0 Å². The van der Waals surface area contributed by atoms with Gasteiger partial charge in [-0.15, -0.1) is 0 Å². The van der Waals surface area contributed by atoms with Crippen molar-refractivity contribution in [1.29, 1.82) is 0 Å². The summed E-state index contributed by atoms with van der Waals surface area (Å²) < 4.78 is 112. The fourth-order valence-corrected chi connectivity index (χ4v) is 18.5. The second-order valence-electron chi connectivity index (χ2n) is 21.1. The molecule has 0 aliphatic carbocycles. The van der Waals surface area contributed by atoms with Crippen LogP contribution >= 0.6 is 0 Å². The average Bonchev–Trinajstić information content (AvgIpc) is 1.58. The van der Waals surface area contributed by atoms with Crippen LogP contribution in [0.3, 0.4) is 0 Å². The van der Waals surface area contributed by atoms with Gasteiger partial charge in [-0.25, -0.2) is 0 Å². The number of fused-ring (bicyclic) bond motifs is 24. The van der Waals surface area contributed by atoms with Gasteiger partial charge >= 0.3 is 532 Å². The first-order valence-corrected chi connectivity index (χ1v) is 32.3. The molecule has 10 aromatic carbocycles. The second kappa shape index (κ2) is 19.7. The van der Waals surface area contributed by atoms with Crippen molar-refractivity contribution in [3.8, 4) is 11.1 Å². The number of para-hydroxylation sites is 8. The zero-order valence-corrected chi connectivity index (χ0v) is 49.6. The number of hydrogen-bond acceptors (Lipinski definition) is 11. The normalized spacial score (nSPS) is 19.2. The Bertz CT molecular complexity index is 5040. The van der Waals surface area contributed by atoms with E-state index in [0.29, 0.717) is 119 Å². The predicted molar refractivity (Wildman–Crippen MR) is 346 cm³/mol.